The Morgan fingerprint density at radius 2 is 1.67 bits per heavy atom. The van der Waals surface area contributed by atoms with Gasteiger partial charge in [0.25, 0.3) is 0 Å². The number of phenols is 1. The predicted molar refractivity (Wildman–Crippen MR) is 176 cm³/mol. The van der Waals surface area contributed by atoms with E-state index in [1.54, 1.807) is 6.92 Å². The Kier molecular flexibility index (Phi) is 7.66. The molecule has 4 N–H and O–H groups in total. The lowest BCUT2D eigenvalue weighted by Crippen LogP contribution is -2.65. The summed E-state index contributed by atoms with van der Waals surface area (Å²) in [5.41, 5.74) is -1.34. The fourth-order valence-electron chi connectivity index (χ4n) is 9.21. The first-order chi connectivity index (χ1) is 21.5. The van der Waals surface area contributed by atoms with Crippen molar-refractivity contribution in [1.29, 1.82) is 0 Å². The summed E-state index contributed by atoms with van der Waals surface area (Å²) < 4.78 is 0. The van der Waals surface area contributed by atoms with E-state index < -0.39 is 50.9 Å². The molecular formula is C39H46O7. The molecule has 0 saturated heterocycles. The Labute approximate surface area is 271 Å². The van der Waals surface area contributed by atoms with Gasteiger partial charge in [0.15, 0.2) is 17.2 Å². The van der Waals surface area contributed by atoms with Crippen LogP contribution in [-0.4, -0.2) is 43.4 Å². The lowest BCUT2D eigenvalue weighted by molar-refractivity contribution is -0.164. The third-order valence-corrected chi connectivity index (χ3v) is 11.6. The summed E-state index contributed by atoms with van der Waals surface area (Å²) in [5, 5.41) is 47.1. The van der Waals surface area contributed by atoms with Gasteiger partial charge in [0.2, 0.25) is 5.78 Å². The van der Waals surface area contributed by atoms with Crippen LogP contribution in [0.25, 0.3) is 16.9 Å². The lowest BCUT2D eigenvalue weighted by atomic mass is 9.47. The van der Waals surface area contributed by atoms with E-state index >= 15 is 0 Å². The molecule has 4 aliphatic carbocycles. The van der Waals surface area contributed by atoms with Crippen molar-refractivity contribution in [1.82, 2.24) is 0 Å². The van der Waals surface area contributed by atoms with E-state index in [0.717, 1.165) is 36.0 Å². The highest BCUT2D eigenvalue weighted by Gasteiger charge is 2.68. The zero-order valence-corrected chi connectivity index (χ0v) is 27.8. The van der Waals surface area contributed by atoms with E-state index in [1.807, 2.05) is 39.0 Å². The number of rotatable bonds is 5. The molecule has 0 amide bonds. The molecule has 0 heterocycles. The van der Waals surface area contributed by atoms with Gasteiger partial charge in [0, 0.05) is 28.4 Å². The first-order valence-electron chi connectivity index (χ1n) is 16.7. The van der Waals surface area contributed by atoms with Crippen LogP contribution >= 0.6 is 0 Å². The number of benzene rings is 2. The summed E-state index contributed by atoms with van der Waals surface area (Å²) in [6, 6.07) is 10.1. The van der Waals surface area contributed by atoms with Gasteiger partial charge in [0.1, 0.15) is 22.8 Å². The van der Waals surface area contributed by atoms with Gasteiger partial charge >= 0.3 is 0 Å². The average Bonchev–Trinajstić information content (AvgIpc) is 2.96. The summed E-state index contributed by atoms with van der Waals surface area (Å²) in [7, 11) is 0. The number of allylic oxidation sites excluding steroid dienone is 1. The quantitative estimate of drug-likeness (QED) is 0.253. The summed E-state index contributed by atoms with van der Waals surface area (Å²) >= 11 is 0. The van der Waals surface area contributed by atoms with Gasteiger partial charge in [-0.15, -0.1) is 0 Å². The van der Waals surface area contributed by atoms with Crippen LogP contribution < -0.4 is 0 Å². The minimum atomic E-state index is -2.58. The van der Waals surface area contributed by atoms with Gasteiger partial charge in [-0.1, -0.05) is 71.7 Å². The maximum Gasteiger partial charge on any atom is 0.203 e. The molecule has 7 nitrogen and oxygen atoms in total. The van der Waals surface area contributed by atoms with Gasteiger partial charge in [-0.2, -0.15) is 0 Å². The fraction of sp³-hybridized carbons (Fsp3) is 0.513. The van der Waals surface area contributed by atoms with Crippen LogP contribution in [0.2, 0.25) is 0 Å². The number of ketones is 3. The maximum absolute atomic E-state index is 14.4. The highest BCUT2D eigenvalue weighted by Crippen LogP contribution is 2.63. The Bertz CT molecular complexity index is 1740. The minimum Gasteiger partial charge on any atom is -0.508 e. The number of hydrogen-bond donors (Lipinski definition) is 4. The third kappa shape index (κ3) is 4.68. The van der Waals surface area contributed by atoms with Gasteiger partial charge in [-0.3, -0.25) is 14.4 Å². The number of aliphatic hydroxyl groups excluding tert-OH is 2. The maximum atomic E-state index is 14.4. The van der Waals surface area contributed by atoms with E-state index in [9.17, 15) is 34.8 Å². The van der Waals surface area contributed by atoms with E-state index in [4.69, 9.17) is 0 Å². The van der Waals surface area contributed by atoms with Crippen LogP contribution in [0.4, 0.5) is 0 Å². The summed E-state index contributed by atoms with van der Waals surface area (Å²) in [5.74, 6) is -2.43. The van der Waals surface area contributed by atoms with Crippen molar-refractivity contribution in [3.8, 4) is 16.9 Å². The lowest BCUT2D eigenvalue weighted by Gasteiger charge is -2.56. The molecule has 2 aromatic rings. The molecule has 0 unspecified atom stereocenters. The highest BCUT2D eigenvalue weighted by molar-refractivity contribution is 6.23. The molecule has 4 aliphatic rings. The molecule has 0 aliphatic heterocycles. The van der Waals surface area contributed by atoms with Crippen LogP contribution in [0.3, 0.4) is 0 Å². The van der Waals surface area contributed by atoms with Crippen LogP contribution in [0.5, 0.6) is 5.75 Å². The molecule has 244 valence electrons. The standard InChI is InChI=1S/C39H46O7/c1-20(2)26-16-27(25-9-7-8-24(15-25)14-23-12-10-21(3)11-13-23)33(42)31-28(26)17-37(5)19-38(6)18-29(41)30(22(4)40)35(44)39(38,46)36(45)32(37)34(31)43/h7-9,15-16,20-21,23,42-44,46H,10-14,17-19H2,1-6H3/t21?,23?,37-,38+,39+/m1/s1. The van der Waals surface area contributed by atoms with Gasteiger partial charge < -0.3 is 20.4 Å². The second-order valence-corrected chi connectivity index (χ2v) is 15.5. The Balaban J connectivity index is 1.51. The smallest absolute Gasteiger partial charge is 0.203 e. The molecule has 0 radical (unpaired) electrons. The van der Waals surface area contributed by atoms with E-state index in [0.29, 0.717) is 11.5 Å². The second-order valence-electron chi connectivity index (χ2n) is 15.5. The van der Waals surface area contributed by atoms with Gasteiger partial charge in [-0.25, -0.2) is 0 Å². The molecule has 2 fully saturated rings. The third-order valence-electron chi connectivity index (χ3n) is 11.6. The number of Topliss-reactive ketones (excluding diaryl/α,β-unsaturated/α-hetero) is 3. The van der Waals surface area contributed by atoms with Crippen molar-refractivity contribution in [2.24, 2.45) is 22.7 Å². The summed E-state index contributed by atoms with van der Waals surface area (Å²) in [6.07, 6.45) is 5.93. The molecule has 46 heavy (non-hydrogen) atoms. The Morgan fingerprint density at radius 1 is 1.00 bits per heavy atom. The highest BCUT2D eigenvalue weighted by atomic mass is 16.3. The van der Waals surface area contributed by atoms with Crippen molar-refractivity contribution in [2.45, 2.75) is 104 Å². The predicted octanol–water partition coefficient (Wildman–Crippen LogP) is 7.47. The van der Waals surface area contributed by atoms with Crippen molar-refractivity contribution < 1.29 is 34.8 Å². The molecular weight excluding hydrogens is 580 g/mol. The van der Waals surface area contributed by atoms with E-state index in [-0.39, 0.29) is 42.1 Å². The Hall–Kier alpha value is -3.71. The van der Waals surface area contributed by atoms with Crippen LogP contribution in [-0.2, 0) is 27.2 Å². The van der Waals surface area contributed by atoms with E-state index in [2.05, 4.69) is 19.1 Å². The summed E-state index contributed by atoms with van der Waals surface area (Å²) in [6.45, 7) is 10.9. The normalized spacial score (nSPS) is 31.1. The van der Waals surface area contributed by atoms with Crippen molar-refractivity contribution >= 4 is 23.1 Å². The topological polar surface area (TPSA) is 132 Å². The second kappa shape index (κ2) is 10.9. The van der Waals surface area contributed by atoms with Crippen LogP contribution in [0.1, 0.15) is 108 Å². The molecule has 0 bridgehead atoms. The Morgan fingerprint density at radius 3 is 2.30 bits per heavy atom. The number of fused-ring (bicyclic) bond motifs is 3. The number of aromatic hydroxyl groups is 1. The first kappa shape index (κ1) is 32.2. The van der Waals surface area contributed by atoms with Gasteiger partial charge in [-0.05, 0) is 85.1 Å². The van der Waals surface area contributed by atoms with Crippen LogP contribution in [0.15, 0.2) is 47.2 Å². The zero-order valence-electron chi connectivity index (χ0n) is 27.8. The largest absolute Gasteiger partial charge is 0.508 e. The van der Waals surface area contributed by atoms with Gasteiger partial charge in [0.05, 0.1) is 5.56 Å². The summed E-state index contributed by atoms with van der Waals surface area (Å²) in [4.78, 5) is 39.8. The van der Waals surface area contributed by atoms with Crippen molar-refractivity contribution in [2.75, 3.05) is 0 Å². The fourth-order valence-corrected chi connectivity index (χ4v) is 9.21. The molecule has 0 aromatic heterocycles. The first-order valence-corrected chi connectivity index (χ1v) is 16.7. The SMILES string of the molecule is CC(=O)C1=C(O)[C@]2(O)C(=O)C3=C(O)c4c(O)c(-c5cccc(CC6CCC(C)CC6)c5)cc(C(C)C)c4C[C@]3(C)C[C@]2(C)CC1=O. The number of carbonyl (C=O) groups excluding carboxylic acids is 3. The van der Waals surface area contributed by atoms with E-state index in [1.165, 1.54) is 31.2 Å². The molecule has 0 spiro atoms. The monoisotopic (exact) mass is 626 g/mol. The minimum absolute atomic E-state index is 0.0200. The molecule has 2 aromatic carbocycles. The molecule has 3 atom stereocenters. The number of phenolic OH excluding ortho intramolecular Hbond substituents is 1. The number of carbonyl (C=O) groups is 3. The molecule has 2 saturated carbocycles. The number of aliphatic hydroxyl groups is 3. The van der Waals surface area contributed by atoms with Crippen molar-refractivity contribution in [3.63, 3.8) is 0 Å². The van der Waals surface area contributed by atoms with Crippen molar-refractivity contribution in [3.05, 3.63) is 69.5 Å². The average molecular weight is 627 g/mol. The van der Waals surface area contributed by atoms with Crippen LogP contribution in [0, 0.1) is 22.7 Å². The molecule has 6 rings (SSSR count). The zero-order chi connectivity index (χ0) is 33.5. The molecule has 7 heteroatoms. The number of hydrogen-bond acceptors (Lipinski definition) is 7.